The second-order valence-electron chi connectivity index (χ2n) is 3.41. The number of halogens is 1. The molecule has 0 radical (unpaired) electrons. The highest BCUT2D eigenvalue weighted by Crippen LogP contribution is 2.24. The van der Waals surface area contributed by atoms with Crippen molar-refractivity contribution in [3.05, 3.63) is 21.3 Å². The zero-order valence-electron chi connectivity index (χ0n) is 9.00. The van der Waals surface area contributed by atoms with Crippen molar-refractivity contribution in [3.63, 3.8) is 0 Å². The third-order valence-corrected chi connectivity index (χ3v) is 3.34. The molecule has 2 unspecified atom stereocenters. The monoisotopic (exact) mass is 246 g/mol. The number of carbonyl (C=O) groups is 1. The van der Waals surface area contributed by atoms with E-state index in [0.29, 0.717) is 0 Å². The standard InChI is InChI=1S/C10H15ClN2OS/c1-6(8-4-9(11)15-5-8)13-7(2)10(14)12-3/h4-7,13H,1-3H3,(H,12,14). The molecule has 0 aliphatic carbocycles. The molecule has 2 atom stereocenters. The van der Waals surface area contributed by atoms with Crippen LogP contribution in [-0.4, -0.2) is 19.0 Å². The maximum absolute atomic E-state index is 11.3. The minimum absolute atomic E-state index is 0.0109. The Balaban J connectivity index is 2.55. The second kappa shape index (κ2) is 5.49. The summed E-state index contributed by atoms with van der Waals surface area (Å²) in [6.45, 7) is 3.85. The summed E-state index contributed by atoms with van der Waals surface area (Å²) in [5.74, 6) is -0.0109. The Morgan fingerprint density at radius 2 is 2.20 bits per heavy atom. The highest BCUT2D eigenvalue weighted by Gasteiger charge is 2.15. The van der Waals surface area contributed by atoms with Gasteiger partial charge >= 0.3 is 0 Å². The highest BCUT2D eigenvalue weighted by molar-refractivity contribution is 7.14. The van der Waals surface area contributed by atoms with Gasteiger partial charge in [-0.2, -0.15) is 0 Å². The highest BCUT2D eigenvalue weighted by atomic mass is 35.5. The van der Waals surface area contributed by atoms with Gasteiger partial charge in [-0.1, -0.05) is 11.6 Å². The van der Waals surface area contributed by atoms with Gasteiger partial charge in [0.25, 0.3) is 0 Å². The average molecular weight is 247 g/mol. The molecule has 0 bridgehead atoms. The van der Waals surface area contributed by atoms with Crippen molar-refractivity contribution in [1.82, 2.24) is 10.6 Å². The number of thiophene rings is 1. The molecule has 1 heterocycles. The zero-order valence-corrected chi connectivity index (χ0v) is 10.6. The lowest BCUT2D eigenvalue weighted by Gasteiger charge is -2.17. The fraction of sp³-hybridized carbons (Fsp3) is 0.500. The normalized spacial score (nSPS) is 14.7. The molecule has 1 aromatic rings. The molecule has 5 heteroatoms. The molecule has 2 N–H and O–H groups in total. The van der Waals surface area contributed by atoms with Gasteiger partial charge in [0.2, 0.25) is 5.91 Å². The van der Waals surface area contributed by atoms with E-state index in [4.69, 9.17) is 11.6 Å². The van der Waals surface area contributed by atoms with Crippen LogP contribution in [0, 0.1) is 0 Å². The van der Waals surface area contributed by atoms with Crippen molar-refractivity contribution in [2.75, 3.05) is 7.05 Å². The van der Waals surface area contributed by atoms with Crippen LogP contribution in [0.5, 0.6) is 0 Å². The molecule has 0 fully saturated rings. The van der Waals surface area contributed by atoms with Crippen molar-refractivity contribution in [2.24, 2.45) is 0 Å². The Kier molecular flexibility index (Phi) is 4.57. The van der Waals surface area contributed by atoms with Crippen LogP contribution in [0.4, 0.5) is 0 Å². The van der Waals surface area contributed by atoms with Gasteiger partial charge in [-0.25, -0.2) is 0 Å². The summed E-state index contributed by atoms with van der Waals surface area (Å²) in [7, 11) is 1.63. The van der Waals surface area contributed by atoms with Gasteiger partial charge in [-0.3, -0.25) is 10.1 Å². The fourth-order valence-electron chi connectivity index (χ4n) is 1.31. The summed E-state index contributed by atoms with van der Waals surface area (Å²) in [5, 5.41) is 7.79. The molecule has 0 spiro atoms. The Bertz CT molecular complexity index is 340. The second-order valence-corrected chi connectivity index (χ2v) is 4.95. The molecule has 15 heavy (non-hydrogen) atoms. The first kappa shape index (κ1) is 12.5. The Morgan fingerprint density at radius 3 is 2.67 bits per heavy atom. The third-order valence-electron chi connectivity index (χ3n) is 2.23. The van der Waals surface area contributed by atoms with E-state index in [9.17, 15) is 4.79 Å². The van der Waals surface area contributed by atoms with Crippen LogP contribution in [-0.2, 0) is 4.79 Å². The maximum Gasteiger partial charge on any atom is 0.236 e. The average Bonchev–Trinajstić information content (AvgIpc) is 2.63. The molecule has 1 aromatic heterocycles. The quantitative estimate of drug-likeness (QED) is 0.855. The summed E-state index contributed by atoms with van der Waals surface area (Å²) in [6, 6.07) is 1.84. The Labute approximate surface area is 98.8 Å². The van der Waals surface area contributed by atoms with Crippen LogP contribution >= 0.6 is 22.9 Å². The largest absolute Gasteiger partial charge is 0.358 e. The molecule has 0 aliphatic rings. The van der Waals surface area contributed by atoms with E-state index in [1.54, 1.807) is 7.05 Å². The molecule has 0 aromatic carbocycles. The first-order valence-electron chi connectivity index (χ1n) is 4.76. The molecule has 3 nitrogen and oxygen atoms in total. The van der Waals surface area contributed by atoms with Crippen molar-refractivity contribution >= 4 is 28.8 Å². The van der Waals surface area contributed by atoms with Gasteiger partial charge in [0.15, 0.2) is 0 Å². The Hall–Kier alpha value is -0.580. The first-order chi connectivity index (χ1) is 7.04. The number of hydrogen-bond acceptors (Lipinski definition) is 3. The number of hydrogen-bond donors (Lipinski definition) is 2. The number of carbonyl (C=O) groups excluding carboxylic acids is 1. The van der Waals surface area contributed by atoms with Gasteiger partial charge in [0.05, 0.1) is 10.4 Å². The summed E-state index contributed by atoms with van der Waals surface area (Å²) in [4.78, 5) is 11.3. The van der Waals surface area contributed by atoms with E-state index in [2.05, 4.69) is 10.6 Å². The number of nitrogens with one attached hydrogen (secondary N) is 2. The third kappa shape index (κ3) is 3.48. The van der Waals surface area contributed by atoms with E-state index in [1.165, 1.54) is 11.3 Å². The minimum atomic E-state index is -0.205. The van der Waals surface area contributed by atoms with Gasteiger partial charge in [0.1, 0.15) is 0 Å². The summed E-state index contributed by atoms with van der Waals surface area (Å²) >= 11 is 7.34. The van der Waals surface area contributed by atoms with E-state index >= 15 is 0 Å². The summed E-state index contributed by atoms with van der Waals surface area (Å²) in [5.41, 5.74) is 1.11. The predicted octanol–water partition coefficient (Wildman–Crippen LogP) is 2.19. The van der Waals surface area contributed by atoms with Gasteiger partial charge in [0, 0.05) is 13.1 Å². The lowest BCUT2D eigenvalue weighted by molar-refractivity contribution is -0.122. The van der Waals surface area contributed by atoms with E-state index in [0.717, 1.165) is 9.90 Å². The van der Waals surface area contributed by atoms with Crippen molar-refractivity contribution in [1.29, 1.82) is 0 Å². The molecular formula is C10H15ClN2OS. The molecule has 0 saturated heterocycles. The van der Waals surface area contributed by atoms with Crippen LogP contribution in [0.1, 0.15) is 25.5 Å². The first-order valence-corrected chi connectivity index (χ1v) is 6.02. The maximum atomic E-state index is 11.3. The summed E-state index contributed by atoms with van der Waals surface area (Å²) in [6.07, 6.45) is 0. The van der Waals surface area contributed by atoms with Crippen LogP contribution < -0.4 is 10.6 Å². The zero-order chi connectivity index (χ0) is 11.4. The Morgan fingerprint density at radius 1 is 1.53 bits per heavy atom. The topological polar surface area (TPSA) is 41.1 Å². The molecule has 0 aliphatic heterocycles. The molecule has 0 saturated carbocycles. The number of amides is 1. The molecular weight excluding hydrogens is 232 g/mol. The predicted molar refractivity (Wildman–Crippen MR) is 64.4 cm³/mol. The summed E-state index contributed by atoms with van der Waals surface area (Å²) < 4.78 is 0.770. The van der Waals surface area contributed by atoms with E-state index < -0.39 is 0 Å². The number of likely N-dealkylation sites (N-methyl/N-ethyl adjacent to an activating group) is 1. The fourth-order valence-corrected chi connectivity index (χ4v) is 2.30. The van der Waals surface area contributed by atoms with Gasteiger partial charge < -0.3 is 5.32 Å². The van der Waals surface area contributed by atoms with Crippen molar-refractivity contribution in [2.45, 2.75) is 25.9 Å². The minimum Gasteiger partial charge on any atom is -0.358 e. The smallest absolute Gasteiger partial charge is 0.236 e. The van der Waals surface area contributed by atoms with Crippen LogP contribution in [0.15, 0.2) is 11.4 Å². The van der Waals surface area contributed by atoms with E-state index in [1.807, 2.05) is 25.3 Å². The lowest BCUT2D eigenvalue weighted by Crippen LogP contribution is -2.41. The van der Waals surface area contributed by atoms with Gasteiger partial charge in [-0.15, -0.1) is 11.3 Å². The van der Waals surface area contributed by atoms with E-state index in [-0.39, 0.29) is 18.0 Å². The van der Waals surface area contributed by atoms with Crippen molar-refractivity contribution < 1.29 is 4.79 Å². The van der Waals surface area contributed by atoms with Gasteiger partial charge in [-0.05, 0) is 30.9 Å². The lowest BCUT2D eigenvalue weighted by atomic mass is 10.1. The molecule has 84 valence electrons. The number of rotatable bonds is 4. The van der Waals surface area contributed by atoms with Crippen LogP contribution in [0.2, 0.25) is 4.34 Å². The SMILES string of the molecule is CNC(=O)C(C)NC(C)c1csc(Cl)c1. The van der Waals surface area contributed by atoms with Crippen LogP contribution in [0.3, 0.4) is 0 Å². The van der Waals surface area contributed by atoms with Crippen LogP contribution in [0.25, 0.3) is 0 Å². The molecule has 1 rings (SSSR count). The molecule has 1 amide bonds. The van der Waals surface area contributed by atoms with Crippen molar-refractivity contribution in [3.8, 4) is 0 Å².